The Morgan fingerprint density at radius 2 is 2.43 bits per heavy atom. The topological polar surface area (TPSA) is 66.0 Å². The predicted molar refractivity (Wildman–Crippen MR) is 51.1 cm³/mol. The van der Waals surface area contributed by atoms with Gasteiger partial charge in [-0.2, -0.15) is 0 Å². The summed E-state index contributed by atoms with van der Waals surface area (Å²) in [6, 6.07) is 0. The smallest absolute Gasteiger partial charge is 0.303 e. The summed E-state index contributed by atoms with van der Waals surface area (Å²) in [6.07, 6.45) is 4.88. The molecule has 1 aliphatic rings. The fourth-order valence-electron chi connectivity index (χ4n) is 1.48. The minimum Gasteiger partial charge on any atom is -0.481 e. The highest BCUT2D eigenvalue weighted by molar-refractivity contribution is 5.66. The minimum atomic E-state index is -0.777. The number of hydrogen-bond donors (Lipinski definition) is 2. The van der Waals surface area contributed by atoms with E-state index in [9.17, 15) is 4.79 Å². The third kappa shape index (κ3) is 1.78. The van der Waals surface area contributed by atoms with Crippen LogP contribution in [0.4, 0.5) is 0 Å². The third-order valence-electron chi connectivity index (χ3n) is 2.85. The maximum absolute atomic E-state index is 10.3. The van der Waals surface area contributed by atoms with E-state index in [0.717, 1.165) is 11.5 Å². The van der Waals surface area contributed by atoms with Gasteiger partial charge < -0.3 is 10.1 Å². The summed E-state index contributed by atoms with van der Waals surface area (Å²) in [6.45, 7) is 2.20. The molecule has 0 amide bonds. The number of aliphatic carboxylic acids is 1. The molecule has 0 aliphatic heterocycles. The molecule has 0 atom stereocenters. The Hall–Kier alpha value is -1.32. The van der Waals surface area contributed by atoms with Crippen LogP contribution in [0, 0.1) is 0 Å². The molecular formula is C10H14N2O2. The zero-order chi connectivity index (χ0) is 10.2. The number of aromatic nitrogens is 2. The molecule has 0 bridgehead atoms. The van der Waals surface area contributed by atoms with Gasteiger partial charge in [-0.05, 0) is 12.8 Å². The Balaban J connectivity index is 1.99. The van der Waals surface area contributed by atoms with Gasteiger partial charge in [0.05, 0.1) is 6.42 Å². The van der Waals surface area contributed by atoms with Crippen molar-refractivity contribution >= 4 is 5.97 Å². The molecule has 0 saturated heterocycles. The van der Waals surface area contributed by atoms with E-state index in [4.69, 9.17) is 5.11 Å². The van der Waals surface area contributed by atoms with Crippen LogP contribution in [0.1, 0.15) is 37.7 Å². The summed E-state index contributed by atoms with van der Waals surface area (Å²) in [5.74, 6) is 0.0103. The van der Waals surface area contributed by atoms with Crippen molar-refractivity contribution in [2.24, 2.45) is 0 Å². The first-order valence-corrected chi connectivity index (χ1v) is 4.86. The van der Waals surface area contributed by atoms with Gasteiger partial charge in [0, 0.05) is 23.7 Å². The number of imidazole rings is 1. The van der Waals surface area contributed by atoms with Crippen LogP contribution in [0.5, 0.6) is 0 Å². The van der Waals surface area contributed by atoms with Crippen LogP contribution < -0.4 is 0 Å². The SMILES string of the molecule is CC1(c2cnc(CCC(=O)O)[nH]2)CC1. The van der Waals surface area contributed by atoms with Gasteiger partial charge in [-0.3, -0.25) is 4.79 Å². The molecule has 0 unspecified atom stereocenters. The first-order valence-electron chi connectivity index (χ1n) is 4.86. The summed E-state index contributed by atoms with van der Waals surface area (Å²) in [5.41, 5.74) is 1.44. The average molecular weight is 194 g/mol. The molecule has 4 nitrogen and oxygen atoms in total. The monoisotopic (exact) mass is 194 g/mol. The van der Waals surface area contributed by atoms with E-state index in [-0.39, 0.29) is 11.8 Å². The Labute approximate surface area is 82.4 Å². The number of carboxylic acid groups (broad SMARTS) is 1. The minimum absolute atomic E-state index is 0.143. The van der Waals surface area contributed by atoms with Crippen LogP contribution in [0.2, 0.25) is 0 Å². The molecular weight excluding hydrogens is 180 g/mol. The standard InChI is InChI=1S/C10H14N2O2/c1-10(4-5-10)7-6-11-8(12-7)2-3-9(13)14/h6H,2-5H2,1H3,(H,11,12)(H,13,14). The number of aryl methyl sites for hydroxylation is 1. The van der Waals surface area contributed by atoms with Crippen LogP contribution in [0.3, 0.4) is 0 Å². The molecule has 1 heterocycles. The Kier molecular flexibility index (Phi) is 2.06. The molecule has 2 rings (SSSR count). The van der Waals surface area contributed by atoms with Gasteiger partial charge >= 0.3 is 5.97 Å². The van der Waals surface area contributed by atoms with E-state index in [1.807, 2.05) is 6.20 Å². The number of nitrogens with zero attached hydrogens (tertiary/aromatic N) is 1. The molecule has 14 heavy (non-hydrogen) atoms. The van der Waals surface area contributed by atoms with Crippen molar-refractivity contribution in [2.75, 3.05) is 0 Å². The highest BCUT2D eigenvalue weighted by Gasteiger charge is 2.40. The number of hydrogen-bond acceptors (Lipinski definition) is 2. The summed E-state index contributed by atoms with van der Waals surface area (Å²) in [5, 5.41) is 8.51. The average Bonchev–Trinajstić information content (AvgIpc) is 2.70. The Bertz CT molecular complexity index is 353. The lowest BCUT2D eigenvalue weighted by Crippen LogP contribution is -2.01. The van der Waals surface area contributed by atoms with Crippen LogP contribution in [-0.4, -0.2) is 21.0 Å². The number of nitrogens with one attached hydrogen (secondary N) is 1. The molecule has 0 aromatic carbocycles. The number of carbonyl (C=O) groups is 1. The van der Waals surface area contributed by atoms with Crippen molar-refractivity contribution in [2.45, 2.75) is 38.0 Å². The van der Waals surface area contributed by atoms with Gasteiger partial charge in [-0.15, -0.1) is 0 Å². The second kappa shape index (κ2) is 3.12. The zero-order valence-electron chi connectivity index (χ0n) is 8.21. The molecule has 1 aliphatic carbocycles. The van der Waals surface area contributed by atoms with Gasteiger partial charge in [-0.1, -0.05) is 6.92 Å². The third-order valence-corrected chi connectivity index (χ3v) is 2.85. The number of H-pyrrole nitrogens is 1. The van der Waals surface area contributed by atoms with E-state index in [1.54, 1.807) is 0 Å². The fourth-order valence-corrected chi connectivity index (χ4v) is 1.48. The van der Waals surface area contributed by atoms with Gasteiger partial charge in [0.25, 0.3) is 0 Å². The van der Waals surface area contributed by atoms with Gasteiger partial charge in [0.1, 0.15) is 5.82 Å². The number of rotatable bonds is 4. The van der Waals surface area contributed by atoms with Crippen LogP contribution in [-0.2, 0) is 16.6 Å². The van der Waals surface area contributed by atoms with E-state index in [2.05, 4.69) is 16.9 Å². The van der Waals surface area contributed by atoms with Gasteiger partial charge in [-0.25, -0.2) is 4.98 Å². The lowest BCUT2D eigenvalue weighted by atomic mass is 10.1. The molecule has 76 valence electrons. The highest BCUT2D eigenvalue weighted by atomic mass is 16.4. The summed E-state index contributed by atoms with van der Waals surface area (Å²) >= 11 is 0. The van der Waals surface area contributed by atoms with E-state index in [0.29, 0.717) is 6.42 Å². The normalized spacial score (nSPS) is 18.1. The largest absolute Gasteiger partial charge is 0.481 e. The molecule has 1 aromatic rings. The lowest BCUT2D eigenvalue weighted by Gasteiger charge is -2.02. The predicted octanol–water partition coefficient (Wildman–Crippen LogP) is 1.48. The van der Waals surface area contributed by atoms with Crippen LogP contribution >= 0.6 is 0 Å². The maximum Gasteiger partial charge on any atom is 0.303 e. The second-order valence-corrected chi connectivity index (χ2v) is 4.20. The Morgan fingerprint density at radius 1 is 1.71 bits per heavy atom. The number of carboxylic acids is 1. The first kappa shape index (κ1) is 9.24. The molecule has 1 fully saturated rings. The van der Waals surface area contributed by atoms with E-state index >= 15 is 0 Å². The van der Waals surface area contributed by atoms with E-state index < -0.39 is 5.97 Å². The molecule has 0 radical (unpaired) electrons. The fraction of sp³-hybridized carbons (Fsp3) is 0.600. The van der Waals surface area contributed by atoms with Crippen molar-refractivity contribution in [1.29, 1.82) is 0 Å². The summed E-state index contributed by atoms with van der Waals surface area (Å²) < 4.78 is 0. The molecule has 0 spiro atoms. The summed E-state index contributed by atoms with van der Waals surface area (Å²) in [7, 11) is 0. The quantitative estimate of drug-likeness (QED) is 0.762. The Morgan fingerprint density at radius 3 is 3.00 bits per heavy atom. The lowest BCUT2D eigenvalue weighted by molar-refractivity contribution is -0.137. The molecule has 1 aromatic heterocycles. The van der Waals surface area contributed by atoms with Crippen molar-refractivity contribution in [3.63, 3.8) is 0 Å². The molecule has 4 heteroatoms. The maximum atomic E-state index is 10.3. The van der Waals surface area contributed by atoms with Crippen LogP contribution in [0.25, 0.3) is 0 Å². The van der Waals surface area contributed by atoms with E-state index in [1.165, 1.54) is 12.8 Å². The molecule has 1 saturated carbocycles. The van der Waals surface area contributed by atoms with Crippen LogP contribution in [0.15, 0.2) is 6.20 Å². The highest BCUT2D eigenvalue weighted by Crippen LogP contribution is 2.46. The molecule has 2 N–H and O–H groups in total. The summed E-state index contributed by atoms with van der Waals surface area (Å²) in [4.78, 5) is 17.7. The van der Waals surface area contributed by atoms with Crippen molar-refractivity contribution in [3.8, 4) is 0 Å². The first-order chi connectivity index (χ1) is 6.60. The number of aromatic amines is 1. The van der Waals surface area contributed by atoms with Crippen molar-refractivity contribution in [1.82, 2.24) is 9.97 Å². The van der Waals surface area contributed by atoms with Gasteiger partial charge in [0.15, 0.2) is 0 Å². The zero-order valence-corrected chi connectivity index (χ0v) is 8.21. The second-order valence-electron chi connectivity index (χ2n) is 4.20. The van der Waals surface area contributed by atoms with Gasteiger partial charge in [0.2, 0.25) is 0 Å². The van der Waals surface area contributed by atoms with Crippen molar-refractivity contribution in [3.05, 3.63) is 17.7 Å². The van der Waals surface area contributed by atoms with Crippen molar-refractivity contribution < 1.29 is 9.90 Å².